The molecule has 2 unspecified atom stereocenters. The fourth-order valence-corrected chi connectivity index (χ4v) is 3.65. The Hall–Kier alpha value is -2.50. The molecule has 0 bridgehead atoms. The van der Waals surface area contributed by atoms with Crippen LogP contribution >= 0.6 is 0 Å². The summed E-state index contributed by atoms with van der Waals surface area (Å²) in [6.07, 6.45) is 2.48. The summed E-state index contributed by atoms with van der Waals surface area (Å²) in [5.41, 5.74) is 10.3. The number of aromatic nitrogens is 2. The van der Waals surface area contributed by atoms with Crippen molar-refractivity contribution in [3.05, 3.63) is 60.0 Å². The van der Waals surface area contributed by atoms with Crippen LogP contribution in [0.5, 0.6) is 0 Å². The van der Waals surface area contributed by atoms with E-state index in [1.54, 1.807) is 0 Å². The second-order valence-electron chi connectivity index (χ2n) is 7.46. The molecule has 0 aliphatic carbocycles. The molecule has 4 rings (SSSR count). The SMILES string of the molecule is CC(N)c1ccc(-c2cccc(-c3noc(CN4CCCC4C)n3)c2)cc1. The van der Waals surface area contributed by atoms with E-state index in [0.29, 0.717) is 17.8 Å². The van der Waals surface area contributed by atoms with Crippen molar-refractivity contribution in [3.63, 3.8) is 0 Å². The topological polar surface area (TPSA) is 68.2 Å². The van der Waals surface area contributed by atoms with Crippen LogP contribution in [0.1, 0.15) is 44.2 Å². The molecule has 1 aliphatic heterocycles. The molecule has 0 radical (unpaired) electrons. The molecule has 0 saturated carbocycles. The number of nitrogens with zero attached hydrogens (tertiary/aromatic N) is 3. The smallest absolute Gasteiger partial charge is 0.241 e. The first-order chi connectivity index (χ1) is 13.1. The third-order valence-electron chi connectivity index (χ3n) is 5.39. The Morgan fingerprint density at radius 1 is 1.15 bits per heavy atom. The number of hydrogen-bond donors (Lipinski definition) is 1. The van der Waals surface area contributed by atoms with Crippen molar-refractivity contribution in [2.45, 2.75) is 45.3 Å². The molecule has 3 aromatic rings. The zero-order valence-electron chi connectivity index (χ0n) is 15.9. The van der Waals surface area contributed by atoms with E-state index in [4.69, 9.17) is 10.3 Å². The fourth-order valence-electron chi connectivity index (χ4n) is 3.65. The molecule has 2 aromatic carbocycles. The van der Waals surface area contributed by atoms with E-state index in [-0.39, 0.29) is 6.04 Å². The Labute approximate surface area is 160 Å². The molecule has 5 heteroatoms. The Morgan fingerprint density at radius 2 is 1.93 bits per heavy atom. The maximum Gasteiger partial charge on any atom is 0.241 e. The van der Waals surface area contributed by atoms with Gasteiger partial charge in [-0.15, -0.1) is 0 Å². The summed E-state index contributed by atoms with van der Waals surface area (Å²) in [6.45, 7) is 6.08. The third kappa shape index (κ3) is 3.94. The third-order valence-corrected chi connectivity index (χ3v) is 5.39. The van der Waals surface area contributed by atoms with E-state index < -0.39 is 0 Å². The summed E-state index contributed by atoms with van der Waals surface area (Å²) in [5.74, 6) is 1.33. The van der Waals surface area contributed by atoms with E-state index >= 15 is 0 Å². The molecule has 140 valence electrons. The van der Waals surface area contributed by atoms with Gasteiger partial charge in [-0.25, -0.2) is 0 Å². The monoisotopic (exact) mass is 362 g/mol. The molecule has 0 amide bonds. The van der Waals surface area contributed by atoms with Crippen LogP contribution in [0.15, 0.2) is 53.1 Å². The second kappa shape index (κ2) is 7.62. The quantitative estimate of drug-likeness (QED) is 0.728. The van der Waals surface area contributed by atoms with Gasteiger partial charge in [0.15, 0.2) is 0 Å². The minimum absolute atomic E-state index is 0.0430. The zero-order valence-corrected chi connectivity index (χ0v) is 15.9. The van der Waals surface area contributed by atoms with Gasteiger partial charge in [0.25, 0.3) is 0 Å². The maximum atomic E-state index is 5.94. The summed E-state index contributed by atoms with van der Waals surface area (Å²) in [7, 11) is 0. The number of hydrogen-bond acceptors (Lipinski definition) is 5. The molecular weight excluding hydrogens is 336 g/mol. The lowest BCUT2D eigenvalue weighted by Crippen LogP contribution is -2.26. The molecule has 2 atom stereocenters. The second-order valence-corrected chi connectivity index (χ2v) is 7.46. The van der Waals surface area contributed by atoms with Crippen LogP contribution in [0.25, 0.3) is 22.5 Å². The van der Waals surface area contributed by atoms with Crippen molar-refractivity contribution in [1.82, 2.24) is 15.0 Å². The first-order valence-corrected chi connectivity index (χ1v) is 9.63. The van der Waals surface area contributed by atoms with Crippen molar-refractivity contribution in [2.24, 2.45) is 5.73 Å². The van der Waals surface area contributed by atoms with E-state index in [9.17, 15) is 0 Å². The van der Waals surface area contributed by atoms with Gasteiger partial charge in [-0.1, -0.05) is 47.6 Å². The zero-order chi connectivity index (χ0) is 18.8. The molecule has 1 aliphatic rings. The van der Waals surface area contributed by atoms with Gasteiger partial charge < -0.3 is 10.3 Å². The van der Waals surface area contributed by atoms with Crippen LogP contribution in [-0.4, -0.2) is 27.6 Å². The summed E-state index contributed by atoms with van der Waals surface area (Å²) >= 11 is 0. The lowest BCUT2D eigenvalue weighted by Gasteiger charge is -2.17. The highest BCUT2D eigenvalue weighted by Crippen LogP contribution is 2.26. The largest absolute Gasteiger partial charge is 0.338 e. The minimum Gasteiger partial charge on any atom is -0.338 e. The van der Waals surface area contributed by atoms with Crippen LogP contribution in [0, 0.1) is 0 Å². The average Bonchev–Trinajstić information content (AvgIpc) is 3.32. The summed E-state index contributed by atoms with van der Waals surface area (Å²) in [5, 5.41) is 4.20. The fraction of sp³-hybridized carbons (Fsp3) is 0.364. The van der Waals surface area contributed by atoms with Gasteiger partial charge in [0, 0.05) is 17.6 Å². The number of benzene rings is 2. The maximum absolute atomic E-state index is 5.94. The van der Waals surface area contributed by atoms with E-state index in [2.05, 4.69) is 58.4 Å². The Balaban J connectivity index is 1.54. The van der Waals surface area contributed by atoms with E-state index in [0.717, 1.165) is 35.3 Å². The predicted octanol–water partition coefficient (Wildman–Crippen LogP) is 4.41. The summed E-state index contributed by atoms with van der Waals surface area (Å²) < 4.78 is 5.50. The van der Waals surface area contributed by atoms with Crippen LogP contribution in [0.3, 0.4) is 0 Å². The molecular formula is C22H26N4O. The van der Waals surface area contributed by atoms with Gasteiger partial charge in [-0.2, -0.15) is 4.98 Å². The molecule has 1 aromatic heterocycles. The standard InChI is InChI=1S/C22H26N4O/c1-15-5-4-12-26(15)14-21-24-22(25-27-21)20-7-3-6-19(13-20)18-10-8-17(9-11-18)16(2)23/h3,6-11,13,15-16H,4-5,12,14,23H2,1-2H3. The highest BCUT2D eigenvalue weighted by atomic mass is 16.5. The summed E-state index contributed by atoms with van der Waals surface area (Å²) in [6, 6.07) is 17.3. The lowest BCUT2D eigenvalue weighted by molar-refractivity contribution is 0.221. The van der Waals surface area contributed by atoms with Crippen molar-refractivity contribution in [2.75, 3.05) is 6.54 Å². The van der Waals surface area contributed by atoms with Crippen molar-refractivity contribution < 1.29 is 4.52 Å². The summed E-state index contributed by atoms with van der Waals surface area (Å²) in [4.78, 5) is 7.01. The van der Waals surface area contributed by atoms with Crippen molar-refractivity contribution >= 4 is 0 Å². The van der Waals surface area contributed by atoms with Gasteiger partial charge >= 0.3 is 0 Å². The first kappa shape index (κ1) is 17.9. The minimum atomic E-state index is 0.0430. The van der Waals surface area contributed by atoms with Gasteiger partial charge in [-0.05, 0) is 56.0 Å². The molecule has 0 spiro atoms. The first-order valence-electron chi connectivity index (χ1n) is 9.63. The number of rotatable bonds is 5. The number of likely N-dealkylation sites (tertiary alicyclic amines) is 1. The van der Waals surface area contributed by atoms with Crippen LogP contribution < -0.4 is 5.73 Å². The molecule has 1 fully saturated rings. The van der Waals surface area contributed by atoms with E-state index in [1.807, 2.05) is 19.1 Å². The highest BCUT2D eigenvalue weighted by Gasteiger charge is 2.22. The van der Waals surface area contributed by atoms with Crippen molar-refractivity contribution in [3.8, 4) is 22.5 Å². The van der Waals surface area contributed by atoms with Crippen LogP contribution in [-0.2, 0) is 6.54 Å². The Morgan fingerprint density at radius 3 is 2.63 bits per heavy atom. The normalized spacial score (nSPS) is 18.7. The molecule has 27 heavy (non-hydrogen) atoms. The molecule has 2 N–H and O–H groups in total. The highest BCUT2D eigenvalue weighted by molar-refractivity contribution is 5.70. The average molecular weight is 362 g/mol. The van der Waals surface area contributed by atoms with Crippen LogP contribution in [0.4, 0.5) is 0 Å². The van der Waals surface area contributed by atoms with Gasteiger partial charge in [0.2, 0.25) is 11.7 Å². The van der Waals surface area contributed by atoms with Crippen LogP contribution in [0.2, 0.25) is 0 Å². The molecule has 1 saturated heterocycles. The molecule has 2 heterocycles. The van der Waals surface area contributed by atoms with Gasteiger partial charge in [-0.3, -0.25) is 4.90 Å². The van der Waals surface area contributed by atoms with Crippen molar-refractivity contribution in [1.29, 1.82) is 0 Å². The predicted molar refractivity (Wildman–Crippen MR) is 107 cm³/mol. The van der Waals surface area contributed by atoms with Gasteiger partial charge in [0.05, 0.1) is 6.54 Å². The lowest BCUT2D eigenvalue weighted by atomic mass is 10.00. The van der Waals surface area contributed by atoms with E-state index in [1.165, 1.54) is 12.8 Å². The number of nitrogens with two attached hydrogens (primary N) is 1. The Kier molecular flexibility index (Phi) is 5.05. The van der Waals surface area contributed by atoms with Gasteiger partial charge in [0.1, 0.15) is 0 Å². The molecule has 5 nitrogen and oxygen atoms in total. The Bertz CT molecular complexity index is 901.